The molecule has 1 aliphatic carbocycles. The standard InChI is InChI=1S/C24H22Cl2N4O3/c25-18-2-1-3-19(26)20(18)21-17(22(33-29-21)15-5-6-15)7-4-14-8-10-30(11-9-14)24-27-12-16(13-28-24)23(31)32/h1-4,7,12-15H,5-6,8-11H2,(H,31,32)/b7-4+. The lowest BCUT2D eigenvalue weighted by Crippen LogP contribution is -2.34. The molecule has 3 aromatic rings. The fraction of sp³-hybridized carbons (Fsp3) is 0.333. The van der Waals surface area contributed by atoms with E-state index in [1.165, 1.54) is 12.4 Å². The molecule has 1 aromatic carbocycles. The van der Waals surface area contributed by atoms with Crippen molar-refractivity contribution in [3.8, 4) is 11.3 Å². The van der Waals surface area contributed by atoms with Crippen LogP contribution in [0.4, 0.5) is 5.95 Å². The first-order valence-corrected chi connectivity index (χ1v) is 11.7. The number of aromatic carboxylic acids is 1. The first-order chi connectivity index (χ1) is 16.0. The lowest BCUT2D eigenvalue weighted by atomic mass is 9.94. The monoisotopic (exact) mass is 484 g/mol. The van der Waals surface area contributed by atoms with Gasteiger partial charge in [-0.2, -0.15) is 0 Å². The van der Waals surface area contributed by atoms with Crippen LogP contribution < -0.4 is 4.90 Å². The highest BCUT2D eigenvalue weighted by atomic mass is 35.5. The molecule has 1 saturated heterocycles. The van der Waals surface area contributed by atoms with Gasteiger partial charge in [0.1, 0.15) is 11.5 Å². The van der Waals surface area contributed by atoms with E-state index in [1.807, 2.05) is 18.2 Å². The summed E-state index contributed by atoms with van der Waals surface area (Å²) in [7, 11) is 0. The average Bonchev–Trinajstić information content (AvgIpc) is 3.58. The van der Waals surface area contributed by atoms with Crippen molar-refractivity contribution in [3.63, 3.8) is 0 Å². The van der Waals surface area contributed by atoms with Crippen LogP contribution in [0.2, 0.25) is 10.0 Å². The van der Waals surface area contributed by atoms with E-state index < -0.39 is 5.97 Å². The summed E-state index contributed by atoms with van der Waals surface area (Å²) in [6, 6.07) is 5.43. The summed E-state index contributed by atoms with van der Waals surface area (Å²) in [4.78, 5) is 21.5. The summed E-state index contributed by atoms with van der Waals surface area (Å²) in [6.45, 7) is 1.59. The van der Waals surface area contributed by atoms with Gasteiger partial charge < -0.3 is 14.5 Å². The third-order valence-electron chi connectivity index (χ3n) is 6.15. The maximum absolute atomic E-state index is 11.0. The number of carboxylic acids is 1. The molecule has 0 spiro atoms. The number of benzene rings is 1. The van der Waals surface area contributed by atoms with Crippen molar-refractivity contribution in [2.45, 2.75) is 31.6 Å². The Hall–Kier alpha value is -2.90. The minimum absolute atomic E-state index is 0.0891. The van der Waals surface area contributed by atoms with Gasteiger partial charge in [-0.05, 0) is 43.7 Å². The molecule has 1 aliphatic heterocycles. The van der Waals surface area contributed by atoms with Crippen molar-refractivity contribution in [2.75, 3.05) is 18.0 Å². The molecule has 170 valence electrons. The zero-order valence-corrected chi connectivity index (χ0v) is 19.3. The number of hydrogen-bond donors (Lipinski definition) is 1. The molecule has 0 unspecified atom stereocenters. The largest absolute Gasteiger partial charge is 0.478 e. The molecule has 2 fully saturated rings. The lowest BCUT2D eigenvalue weighted by molar-refractivity contribution is 0.0696. The highest BCUT2D eigenvalue weighted by molar-refractivity contribution is 6.39. The van der Waals surface area contributed by atoms with Gasteiger partial charge in [0.2, 0.25) is 5.95 Å². The van der Waals surface area contributed by atoms with Crippen LogP contribution in [0.5, 0.6) is 0 Å². The predicted molar refractivity (Wildman–Crippen MR) is 127 cm³/mol. The minimum Gasteiger partial charge on any atom is -0.478 e. The Morgan fingerprint density at radius 1 is 1.09 bits per heavy atom. The number of allylic oxidation sites excluding steroid dienone is 1. The number of aromatic nitrogens is 3. The molecule has 0 radical (unpaired) electrons. The molecule has 1 saturated carbocycles. The summed E-state index contributed by atoms with van der Waals surface area (Å²) in [5, 5.41) is 14.5. The van der Waals surface area contributed by atoms with Crippen molar-refractivity contribution < 1.29 is 14.4 Å². The number of piperidine rings is 1. The van der Waals surface area contributed by atoms with E-state index in [9.17, 15) is 4.79 Å². The summed E-state index contributed by atoms with van der Waals surface area (Å²) >= 11 is 12.9. The van der Waals surface area contributed by atoms with Gasteiger partial charge in [0.25, 0.3) is 0 Å². The summed E-state index contributed by atoms with van der Waals surface area (Å²) in [5.74, 6) is 1.23. The third-order valence-corrected chi connectivity index (χ3v) is 6.78. The third kappa shape index (κ3) is 4.61. The molecular formula is C24H22Cl2N4O3. The number of halogens is 2. The average molecular weight is 485 g/mol. The van der Waals surface area contributed by atoms with Gasteiger partial charge in [-0.3, -0.25) is 0 Å². The maximum atomic E-state index is 11.0. The second-order valence-corrected chi connectivity index (χ2v) is 9.25. The molecule has 0 atom stereocenters. The number of carbonyl (C=O) groups is 1. The Morgan fingerprint density at radius 3 is 2.36 bits per heavy atom. The molecule has 9 heteroatoms. The quantitative estimate of drug-likeness (QED) is 0.462. The van der Waals surface area contributed by atoms with Gasteiger partial charge in [-0.25, -0.2) is 14.8 Å². The molecule has 1 N–H and O–H groups in total. The van der Waals surface area contributed by atoms with Gasteiger partial charge in [0.15, 0.2) is 0 Å². The van der Waals surface area contributed by atoms with E-state index in [1.54, 1.807) is 0 Å². The van der Waals surface area contributed by atoms with Crippen LogP contribution in [0.15, 0.2) is 41.2 Å². The van der Waals surface area contributed by atoms with Gasteiger partial charge in [-0.15, -0.1) is 0 Å². The summed E-state index contributed by atoms with van der Waals surface area (Å²) in [5.41, 5.74) is 2.44. The SMILES string of the molecule is O=C(O)c1cnc(N2CCC(/C=C/c3c(-c4c(Cl)cccc4Cl)noc3C3CC3)CC2)nc1. The maximum Gasteiger partial charge on any atom is 0.338 e. The van der Waals surface area contributed by atoms with Crippen molar-refractivity contribution in [1.82, 2.24) is 15.1 Å². The Morgan fingerprint density at radius 2 is 1.76 bits per heavy atom. The number of nitrogens with zero attached hydrogens (tertiary/aromatic N) is 4. The summed E-state index contributed by atoms with van der Waals surface area (Å²) in [6.07, 6.45) is 11.1. The lowest BCUT2D eigenvalue weighted by Gasteiger charge is -2.30. The highest BCUT2D eigenvalue weighted by Crippen LogP contribution is 2.46. The van der Waals surface area contributed by atoms with Gasteiger partial charge >= 0.3 is 5.97 Å². The Labute approximate surface area is 201 Å². The van der Waals surface area contributed by atoms with Crippen LogP contribution in [0.25, 0.3) is 17.3 Å². The van der Waals surface area contributed by atoms with E-state index in [4.69, 9.17) is 32.8 Å². The zero-order chi connectivity index (χ0) is 22.9. The first-order valence-electron chi connectivity index (χ1n) is 10.9. The van der Waals surface area contributed by atoms with Crippen LogP contribution in [0.1, 0.15) is 53.3 Å². The molecule has 2 aromatic heterocycles. The van der Waals surface area contributed by atoms with Gasteiger partial charge in [0, 0.05) is 42.5 Å². The van der Waals surface area contributed by atoms with Crippen molar-refractivity contribution >= 4 is 41.2 Å². The number of carboxylic acid groups (broad SMARTS) is 1. The van der Waals surface area contributed by atoms with E-state index in [-0.39, 0.29) is 5.56 Å². The first kappa shape index (κ1) is 21.9. The molecule has 5 rings (SSSR count). The minimum atomic E-state index is -1.03. The van der Waals surface area contributed by atoms with Gasteiger partial charge in [-0.1, -0.05) is 46.6 Å². The molecule has 33 heavy (non-hydrogen) atoms. The van der Waals surface area contributed by atoms with E-state index in [0.717, 1.165) is 50.1 Å². The zero-order valence-electron chi connectivity index (χ0n) is 17.7. The van der Waals surface area contributed by atoms with Crippen molar-refractivity contribution in [2.24, 2.45) is 5.92 Å². The van der Waals surface area contributed by atoms with Crippen LogP contribution in [0, 0.1) is 5.92 Å². The Balaban J connectivity index is 1.32. The van der Waals surface area contributed by atoms with Crippen LogP contribution in [-0.4, -0.2) is 39.3 Å². The topological polar surface area (TPSA) is 92.3 Å². The Kier molecular flexibility index (Phi) is 6.08. The van der Waals surface area contributed by atoms with Crippen molar-refractivity contribution in [3.05, 3.63) is 63.6 Å². The predicted octanol–water partition coefficient (Wildman–Crippen LogP) is 5.94. The smallest absolute Gasteiger partial charge is 0.338 e. The fourth-order valence-corrected chi connectivity index (χ4v) is 4.71. The number of rotatable bonds is 6. The van der Waals surface area contributed by atoms with E-state index >= 15 is 0 Å². The molecular weight excluding hydrogens is 463 g/mol. The van der Waals surface area contributed by atoms with E-state index in [2.05, 4.69) is 32.2 Å². The molecule has 2 aliphatic rings. The summed E-state index contributed by atoms with van der Waals surface area (Å²) < 4.78 is 5.74. The Bertz CT molecular complexity index is 1180. The van der Waals surface area contributed by atoms with Crippen LogP contribution in [-0.2, 0) is 0 Å². The van der Waals surface area contributed by atoms with E-state index in [0.29, 0.717) is 39.1 Å². The fourth-order valence-electron chi connectivity index (χ4n) is 4.13. The normalized spacial score (nSPS) is 17.1. The molecule has 0 amide bonds. The van der Waals surface area contributed by atoms with Crippen LogP contribution in [0.3, 0.4) is 0 Å². The highest BCUT2D eigenvalue weighted by Gasteiger charge is 2.32. The second kappa shape index (κ2) is 9.15. The van der Waals surface area contributed by atoms with Crippen molar-refractivity contribution in [1.29, 1.82) is 0 Å². The second-order valence-electron chi connectivity index (χ2n) is 8.44. The van der Waals surface area contributed by atoms with Gasteiger partial charge in [0.05, 0.1) is 15.6 Å². The van der Waals surface area contributed by atoms with Crippen LogP contribution >= 0.6 is 23.2 Å². The molecule has 0 bridgehead atoms. The number of anilines is 1. The molecule has 7 nitrogen and oxygen atoms in total. The molecule has 3 heterocycles. The number of hydrogen-bond acceptors (Lipinski definition) is 6.